The zero-order chi connectivity index (χ0) is 34.0. The summed E-state index contributed by atoms with van der Waals surface area (Å²) in [6, 6.07) is 55.1. The molecule has 0 aliphatic heterocycles. The van der Waals surface area contributed by atoms with Crippen molar-refractivity contribution in [2.75, 3.05) is 4.90 Å². The van der Waals surface area contributed by atoms with Gasteiger partial charge in [0.1, 0.15) is 0 Å². The molecule has 0 aromatic heterocycles. The normalized spacial score (nSPS) is 11.8. The SMILES string of the molecule is CCCCc1ccc(N(c2ccc(C)cc2)c2ccc(Cc3ccc(P(c4ccc(C)cc4)c4ccc(CCCC)cc4)cc3)cc2)cc1. The van der Waals surface area contributed by atoms with E-state index in [0.717, 1.165) is 19.3 Å². The van der Waals surface area contributed by atoms with Gasteiger partial charge in [0.15, 0.2) is 0 Å². The van der Waals surface area contributed by atoms with Crippen molar-refractivity contribution in [3.8, 4) is 0 Å². The molecule has 0 heterocycles. The van der Waals surface area contributed by atoms with Crippen molar-refractivity contribution < 1.29 is 0 Å². The van der Waals surface area contributed by atoms with Crippen LogP contribution in [-0.2, 0) is 19.3 Å². The van der Waals surface area contributed by atoms with Gasteiger partial charge in [-0.15, -0.1) is 0 Å². The van der Waals surface area contributed by atoms with E-state index in [1.807, 2.05) is 0 Å². The van der Waals surface area contributed by atoms with Gasteiger partial charge in [-0.3, -0.25) is 0 Å². The summed E-state index contributed by atoms with van der Waals surface area (Å²) in [4.78, 5) is 2.37. The minimum absolute atomic E-state index is 0.625. The Morgan fingerprint density at radius 3 is 1.10 bits per heavy atom. The molecular formula is C47H50NP. The fourth-order valence-electron chi connectivity index (χ4n) is 6.43. The van der Waals surface area contributed by atoms with Crippen LogP contribution in [0.15, 0.2) is 146 Å². The Kier molecular flexibility index (Phi) is 11.8. The van der Waals surface area contributed by atoms with Crippen LogP contribution in [-0.4, -0.2) is 0 Å². The van der Waals surface area contributed by atoms with Gasteiger partial charge in [0.2, 0.25) is 0 Å². The van der Waals surface area contributed by atoms with Crippen molar-refractivity contribution in [1.82, 2.24) is 0 Å². The molecule has 49 heavy (non-hydrogen) atoms. The first kappa shape index (κ1) is 34.4. The number of rotatable bonds is 14. The van der Waals surface area contributed by atoms with Crippen molar-refractivity contribution in [2.24, 2.45) is 0 Å². The first-order valence-corrected chi connectivity index (χ1v) is 19.4. The van der Waals surface area contributed by atoms with Crippen molar-refractivity contribution >= 4 is 40.9 Å². The molecule has 0 aliphatic carbocycles. The molecule has 0 aliphatic rings. The highest BCUT2D eigenvalue weighted by Crippen LogP contribution is 2.36. The number of nitrogens with zero attached hydrogens (tertiary/aromatic N) is 1. The Morgan fingerprint density at radius 2 is 0.694 bits per heavy atom. The molecular weight excluding hydrogens is 609 g/mol. The second-order valence-corrected chi connectivity index (χ2v) is 15.6. The van der Waals surface area contributed by atoms with Crippen LogP contribution in [0.4, 0.5) is 17.1 Å². The maximum atomic E-state index is 2.37. The maximum absolute atomic E-state index is 2.37. The summed E-state index contributed by atoms with van der Waals surface area (Å²) in [6.07, 6.45) is 8.12. The van der Waals surface area contributed by atoms with Crippen LogP contribution in [0.2, 0.25) is 0 Å². The van der Waals surface area contributed by atoms with E-state index in [9.17, 15) is 0 Å². The summed E-state index contributed by atoms with van der Waals surface area (Å²) >= 11 is 0. The summed E-state index contributed by atoms with van der Waals surface area (Å²) in [7, 11) is -0.625. The molecule has 0 bridgehead atoms. The third-order valence-corrected chi connectivity index (χ3v) is 11.9. The number of anilines is 3. The van der Waals surface area contributed by atoms with Gasteiger partial charge < -0.3 is 4.90 Å². The monoisotopic (exact) mass is 659 g/mol. The zero-order valence-corrected chi connectivity index (χ0v) is 30.6. The van der Waals surface area contributed by atoms with Crippen molar-refractivity contribution in [3.05, 3.63) is 179 Å². The standard InChI is InChI=1S/C47H50NP/c1-5-7-9-38-15-25-43(26-16-38)48(42-23-11-36(3)12-24-42)44-27-17-40(18-28-44)35-41-21-33-47(34-22-41)49(45-29-13-37(4)14-30-45)46-31-19-39(20-32-46)10-8-6-2/h11-34H,5-10,35H2,1-4H3. The summed E-state index contributed by atoms with van der Waals surface area (Å²) in [6.45, 7) is 8.83. The van der Waals surface area contributed by atoms with Crippen LogP contribution in [0.3, 0.4) is 0 Å². The molecule has 1 atom stereocenters. The highest BCUT2D eigenvalue weighted by molar-refractivity contribution is 7.79. The highest BCUT2D eigenvalue weighted by atomic mass is 31.1. The molecule has 248 valence electrons. The molecule has 6 rings (SSSR count). The number of unbranched alkanes of at least 4 members (excludes halogenated alkanes) is 2. The third-order valence-electron chi connectivity index (χ3n) is 9.41. The molecule has 1 nitrogen and oxygen atoms in total. The van der Waals surface area contributed by atoms with E-state index in [4.69, 9.17) is 0 Å². The van der Waals surface area contributed by atoms with E-state index in [2.05, 4.69) is 178 Å². The molecule has 6 aromatic rings. The first-order valence-electron chi connectivity index (χ1n) is 18.1. The van der Waals surface area contributed by atoms with Crippen molar-refractivity contribution in [2.45, 2.75) is 72.6 Å². The Labute approximate surface area is 296 Å². The predicted octanol–water partition coefficient (Wildman–Crippen LogP) is 11.8. The number of hydrogen-bond donors (Lipinski definition) is 0. The van der Waals surface area contributed by atoms with E-state index in [-0.39, 0.29) is 0 Å². The average molecular weight is 660 g/mol. The molecule has 0 saturated carbocycles. The molecule has 0 fully saturated rings. The number of aryl methyl sites for hydroxylation is 4. The summed E-state index contributed by atoms with van der Waals surface area (Å²) in [5.41, 5.74) is 11.6. The molecule has 6 aromatic carbocycles. The van der Waals surface area contributed by atoms with Gasteiger partial charge in [0.25, 0.3) is 0 Å². The third kappa shape index (κ3) is 8.97. The highest BCUT2D eigenvalue weighted by Gasteiger charge is 2.17. The van der Waals surface area contributed by atoms with Gasteiger partial charge in [-0.05, 0) is 128 Å². The second-order valence-electron chi connectivity index (χ2n) is 13.4. The van der Waals surface area contributed by atoms with Gasteiger partial charge in [-0.2, -0.15) is 0 Å². The summed E-state index contributed by atoms with van der Waals surface area (Å²) < 4.78 is 0. The van der Waals surface area contributed by atoms with E-state index < -0.39 is 7.92 Å². The second kappa shape index (κ2) is 16.8. The largest absolute Gasteiger partial charge is 0.311 e. The number of hydrogen-bond acceptors (Lipinski definition) is 1. The average Bonchev–Trinajstić information content (AvgIpc) is 3.14. The van der Waals surface area contributed by atoms with Crippen LogP contribution >= 0.6 is 7.92 Å². The lowest BCUT2D eigenvalue weighted by Gasteiger charge is -2.26. The molecule has 0 N–H and O–H groups in total. The maximum Gasteiger partial charge on any atom is 0.0461 e. The van der Waals surface area contributed by atoms with E-state index in [1.165, 1.54) is 92.0 Å². The summed E-state index contributed by atoms with van der Waals surface area (Å²) in [5.74, 6) is 0. The minimum atomic E-state index is -0.625. The van der Waals surface area contributed by atoms with Gasteiger partial charge in [-0.1, -0.05) is 147 Å². The van der Waals surface area contributed by atoms with Gasteiger partial charge in [0, 0.05) is 17.1 Å². The Balaban J connectivity index is 1.22. The van der Waals surface area contributed by atoms with Crippen LogP contribution in [0.25, 0.3) is 0 Å². The zero-order valence-electron chi connectivity index (χ0n) is 29.7. The van der Waals surface area contributed by atoms with E-state index in [0.29, 0.717) is 0 Å². The molecule has 0 saturated heterocycles. The van der Waals surface area contributed by atoms with Gasteiger partial charge >= 0.3 is 0 Å². The fraction of sp³-hybridized carbons (Fsp3) is 0.234. The Morgan fingerprint density at radius 1 is 0.388 bits per heavy atom. The molecule has 0 radical (unpaired) electrons. The lowest BCUT2D eigenvalue weighted by Crippen LogP contribution is -2.20. The Bertz CT molecular complexity index is 1730. The first-order chi connectivity index (χ1) is 24.0. The lowest BCUT2D eigenvalue weighted by atomic mass is 10.0. The van der Waals surface area contributed by atoms with Crippen molar-refractivity contribution in [1.29, 1.82) is 0 Å². The van der Waals surface area contributed by atoms with Gasteiger partial charge in [0.05, 0.1) is 0 Å². The lowest BCUT2D eigenvalue weighted by molar-refractivity contribution is 0.795. The molecule has 2 heteroatoms. The topological polar surface area (TPSA) is 3.24 Å². The van der Waals surface area contributed by atoms with Crippen LogP contribution < -0.4 is 20.8 Å². The predicted molar refractivity (Wildman–Crippen MR) is 216 cm³/mol. The molecule has 0 amide bonds. The summed E-state index contributed by atoms with van der Waals surface area (Å²) in [5, 5.41) is 4.21. The molecule has 0 spiro atoms. The van der Waals surface area contributed by atoms with E-state index >= 15 is 0 Å². The minimum Gasteiger partial charge on any atom is -0.311 e. The smallest absolute Gasteiger partial charge is 0.0461 e. The molecule has 1 unspecified atom stereocenters. The van der Waals surface area contributed by atoms with Crippen LogP contribution in [0.1, 0.15) is 72.9 Å². The quantitative estimate of drug-likeness (QED) is 0.105. The number of benzene rings is 6. The van der Waals surface area contributed by atoms with Crippen LogP contribution in [0.5, 0.6) is 0 Å². The fourth-order valence-corrected chi connectivity index (χ4v) is 8.66. The Hall–Kier alpha value is -4.45. The van der Waals surface area contributed by atoms with Crippen molar-refractivity contribution in [3.63, 3.8) is 0 Å². The van der Waals surface area contributed by atoms with Crippen LogP contribution in [0, 0.1) is 13.8 Å². The van der Waals surface area contributed by atoms with Gasteiger partial charge in [-0.25, -0.2) is 0 Å². The van der Waals surface area contributed by atoms with E-state index in [1.54, 1.807) is 0 Å².